The summed E-state index contributed by atoms with van der Waals surface area (Å²) in [5, 5.41) is 12.7. The summed E-state index contributed by atoms with van der Waals surface area (Å²) < 4.78 is 5.06. The number of aliphatic hydroxyl groups excluding tert-OH is 1. The molecule has 0 saturated carbocycles. The van der Waals surface area contributed by atoms with Crippen LogP contribution in [-0.4, -0.2) is 42.0 Å². The first-order valence-corrected chi connectivity index (χ1v) is 8.87. The summed E-state index contributed by atoms with van der Waals surface area (Å²) in [6.45, 7) is 0.553. The first kappa shape index (κ1) is 17.7. The van der Waals surface area contributed by atoms with Crippen LogP contribution < -0.4 is 0 Å². The average Bonchev–Trinajstić information content (AvgIpc) is 3.22. The van der Waals surface area contributed by atoms with Gasteiger partial charge >= 0.3 is 0 Å². The number of hydrogen-bond donors (Lipinski definition) is 1. The Hall–Kier alpha value is -2.15. The van der Waals surface area contributed by atoms with Crippen LogP contribution in [0.4, 0.5) is 0 Å². The number of carbonyl (C=O) groups excluding carboxylic acids is 2. The van der Waals surface area contributed by atoms with Crippen molar-refractivity contribution in [3.63, 3.8) is 0 Å². The molecule has 3 rings (SSSR count). The van der Waals surface area contributed by atoms with E-state index in [1.54, 1.807) is 41.8 Å². The van der Waals surface area contributed by atoms with Crippen molar-refractivity contribution in [2.24, 2.45) is 0 Å². The Kier molecular flexibility index (Phi) is 5.22. The highest BCUT2D eigenvalue weighted by atomic mass is 35.5. The fourth-order valence-electron chi connectivity index (χ4n) is 2.84. The number of ether oxygens (including phenoxy) is 1. The Morgan fingerprint density at radius 2 is 2.04 bits per heavy atom. The second-order valence-electron chi connectivity index (χ2n) is 5.51. The molecule has 5 nitrogen and oxygen atoms in total. The Morgan fingerprint density at radius 1 is 1.32 bits per heavy atom. The summed E-state index contributed by atoms with van der Waals surface area (Å²) in [6.07, 6.45) is 0. The van der Waals surface area contributed by atoms with E-state index in [4.69, 9.17) is 16.3 Å². The van der Waals surface area contributed by atoms with Gasteiger partial charge in [0.05, 0.1) is 23.1 Å². The van der Waals surface area contributed by atoms with Crippen molar-refractivity contribution >= 4 is 34.6 Å². The first-order chi connectivity index (χ1) is 12.0. The number of aliphatic hydroxyl groups is 1. The van der Waals surface area contributed by atoms with Gasteiger partial charge in [0, 0.05) is 18.7 Å². The molecule has 0 saturated heterocycles. The lowest BCUT2D eigenvalue weighted by Gasteiger charge is -2.26. The van der Waals surface area contributed by atoms with E-state index >= 15 is 0 Å². The van der Waals surface area contributed by atoms with Crippen LogP contribution in [0.2, 0.25) is 5.02 Å². The summed E-state index contributed by atoms with van der Waals surface area (Å²) in [4.78, 5) is 27.3. The molecular formula is C18H16ClNO4S. The van der Waals surface area contributed by atoms with Gasteiger partial charge in [-0.1, -0.05) is 29.8 Å². The smallest absolute Gasteiger partial charge is 0.290 e. The van der Waals surface area contributed by atoms with E-state index in [-0.39, 0.29) is 17.9 Å². The molecule has 1 N–H and O–H groups in total. The van der Waals surface area contributed by atoms with Gasteiger partial charge in [0.2, 0.25) is 5.78 Å². The quantitative estimate of drug-likeness (QED) is 0.781. The van der Waals surface area contributed by atoms with Gasteiger partial charge < -0.3 is 14.7 Å². The normalized spacial score (nSPS) is 17.4. The van der Waals surface area contributed by atoms with E-state index in [1.807, 2.05) is 0 Å². The van der Waals surface area contributed by atoms with E-state index in [2.05, 4.69) is 0 Å². The average molecular weight is 378 g/mol. The summed E-state index contributed by atoms with van der Waals surface area (Å²) >= 11 is 7.22. The summed E-state index contributed by atoms with van der Waals surface area (Å²) in [5.41, 5.74) is 0.795. The number of hydrogen-bond acceptors (Lipinski definition) is 5. The molecule has 0 fully saturated rings. The summed E-state index contributed by atoms with van der Waals surface area (Å²) in [6, 6.07) is 9.65. The molecule has 0 aliphatic carbocycles. The third kappa shape index (κ3) is 3.33. The number of ketones is 1. The van der Waals surface area contributed by atoms with Crippen molar-refractivity contribution in [2.45, 2.75) is 6.04 Å². The molecular weight excluding hydrogens is 362 g/mol. The van der Waals surface area contributed by atoms with Gasteiger partial charge in [-0.25, -0.2) is 0 Å². The lowest BCUT2D eigenvalue weighted by atomic mass is 9.95. The molecule has 1 aromatic heterocycles. The van der Waals surface area contributed by atoms with Crippen LogP contribution in [0.25, 0.3) is 0 Å². The molecule has 1 aliphatic rings. The molecule has 1 amide bonds. The maximum absolute atomic E-state index is 12.9. The molecule has 1 aromatic carbocycles. The number of nitrogens with zero attached hydrogens (tertiary/aromatic N) is 1. The monoisotopic (exact) mass is 377 g/mol. The lowest BCUT2D eigenvalue weighted by molar-refractivity contribution is -0.130. The fraction of sp³-hybridized carbons (Fsp3) is 0.222. The number of halogens is 1. The molecule has 0 spiro atoms. The predicted molar refractivity (Wildman–Crippen MR) is 96.1 cm³/mol. The van der Waals surface area contributed by atoms with Gasteiger partial charge in [0.15, 0.2) is 5.76 Å². The van der Waals surface area contributed by atoms with E-state index in [0.717, 1.165) is 0 Å². The molecule has 0 radical (unpaired) electrons. The Morgan fingerprint density at radius 3 is 2.64 bits per heavy atom. The molecule has 0 unspecified atom stereocenters. The van der Waals surface area contributed by atoms with Crippen LogP contribution >= 0.6 is 22.9 Å². The Bertz CT molecular complexity index is 814. The number of carbonyl (C=O) groups is 2. The predicted octanol–water partition coefficient (Wildman–Crippen LogP) is 3.63. The standard InChI is InChI=1S/C18H16ClNO4S/c1-24-9-8-20-15(11-4-6-12(19)7-5-11)14(17(22)18(20)23)16(21)13-3-2-10-25-13/h2-7,10,15,22H,8-9H2,1H3/t15-/m0/s1. The first-order valence-electron chi connectivity index (χ1n) is 7.61. The number of thiophene rings is 1. The molecule has 130 valence electrons. The lowest BCUT2D eigenvalue weighted by Crippen LogP contribution is -2.33. The van der Waals surface area contributed by atoms with Gasteiger partial charge in [-0.2, -0.15) is 0 Å². The third-order valence-corrected chi connectivity index (χ3v) is 5.14. The van der Waals surface area contributed by atoms with Crippen LogP contribution in [0.15, 0.2) is 53.1 Å². The van der Waals surface area contributed by atoms with E-state index in [1.165, 1.54) is 23.3 Å². The van der Waals surface area contributed by atoms with Crippen LogP contribution in [0.5, 0.6) is 0 Å². The van der Waals surface area contributed by atoms with Crippen molar-refractivity contribution in [3.8, 4) is 0 Å². The van der Waals surface area contributed by atoms with Crippen molar-refractivity contribution < 1.29 is 19.4 Å². The fourth-order valence-corrected chi connectivity index (χ4v) is 3.64. The van der Waals surface area contributed by atoms with E-state index in [0.29, 0.717) is 22.1 Å². The van der Waals surface area contributed by atoms with Crippen molar-refractivity contribution in [2.75, 3.05) is 20.3 Å². The Balaban J connectivity index is 2.06. The van der Waals surface area contributed by atoms with Crippen LogP contribution in [-0.2, 0) is 9.53 Å². The second kappa shape index (κ2) is 7.39. The number of benzene rings is 1. The van der Waals surface area contributed by atoms with Crippen molar-refractivity contribution in [3.05, 3.63) is 68.6 Å². The molecule has 2 aromatic rings. The Labute approximate surface area is 154 Å². The summed E-state index contributed by atoms with van der Waals surface area (Å²) in [5.74, 6) is -1.42. The molecule has 25 heavy (non-hydrogen) atoms. The number of amides is 1. The van der Waals surface area contributed by atoms with Crippen LogP contribution in [0.3, 0.4) is 0 Å². The highest BCUT2D eigenvalue weighted by Gasteiger charge is 2.43. The van der Waals surface area contributed by atoms with Gasteiger partial charge in [-0.15, -0.1) is 11.3 Å². The minimum atomic E-state index is -0.672. The third-order valence-electron chi connectivity index (χ3n) is 4.02. The maximum Gasteiger partial charge on any atom is 0.290 e. The van der Waals surface area contributed by atoms with Gasteiger partial charge in [0.25, 0.3) is 5.91 Å². The minimum Gasteiger partial charge on any atom is -0.503 e. The largest absolute Gasteiger partial charge is 0.503 e. The van der Waals surface area contributed by atoms with Gasteiger partial charge in [-0.3, -0.25) is 9.59 Å². The zero-order valence-corrected chi connectivity index (χ0v) is 15.0. The second-order valence-corrected chi connectivity index (χ2v) is 6.90. The SMILES string of the molecule is COCCN1C(=O)C(O)=C(C(=O)c2cccs2)[C@@H]1c1ccc(Cl)cc1. The maximum atomic E-state index is 12.9. The zero-order valence-electron chi connectivity index (χ0n) is 13.4. The van der Waals surface area contributed by atoms with E-state index < -0.39 is 17.7 Å². The molecule has 1 aliphatic heterocycles. The van der Waals surface area contributed by atoms with Crippen molar-refractivity contribution in [1.29, 1.82) is 0 Å². The molecule has 1 atom stereocenters. The molecule has 7 heteroatoms. The minimum absolute atomic E-state index is 0.0888. The zero-order chi connectivity index (χ0) is 18.0. The summed E-state index contributed by atoms with van der Waals surface area (Å²) in [7, 11) is 1.53. The van der Waals surface area contributed by atoms with Gasteiger partial charge in [0.1, 0.15) is 0 Å². The van der Waals surface area contributed by atoms with Crippen molar-refractivity contribution in [1.82, 2.24) is 4.90 Å². The number of methoxy groups -OCH3 is 1. The van der Waals surface area contributed by atoms with Gasteiger partial charge in [-0.05, 0) is 29.1 Å². The molecule has 2 heterocycles. The van der Waals surface area contributed by atoms with Crippen LogP contribution in [0, 0.1) is 0 Å². The number of rotatable bonds is 6. The molecule has 0 bridgehead atoms. The topological polar surface area (TPSA) is 66.8 Å². The highest BCUT2D eigenvalue weighted by molar-refractivity contribution is 7.12. The van der Waals surface area contributed by atoms with Crippen LogP contribution in [0.1, 0.15) is 21.3 Å². The highest BCUT2D eigenvalue weighted by Crippen LogP contribution is 2.39. The van der Waals surface area contributed by atoms with E-state index in [9.17, 15) is 14.7 Å². The number of Topliss-reactive ketones (excluding diaryl/α,β-unsaturated/α-hetero) is 1.